The van der Waals surface area contributed by atoms with Crippen LogP contribution in [-0.4, -0.2) is 0 Å². The second-order valence-corrected chi connectivity index (χ2v) is 4.97. The van der Waals surface area contributed by atoms with Gasteiger partial charge in [0.15, 0.2) is 0 Å². The first kappa shape index (κ1) is 13.7. The third kappa shape index (κ3) is 3.16. The molecule has 1 aromatic heterocycles. The van der Waals surface area contributed by atoms with Gasteiger partial charge in [0, 0.05) is 18.2 Å². The molecule has 0 saturated heterocycles. The van der Waals surface area contributed by atoms with E-state index >= 15 is 0 Å². The van der Waals surface area contributed by atoms with Crippen molar-refractivity contribution >= 4 is 11.3 Å². The van der Waals surface area contributed by atoms with Gasteiger partial charge in [-0.3, -0.25) is 0 Å². The summed E-state index contributed by atoms with van der Waals surface area (Å²) in [6.45, 7) is 2.02. The Balaban J connectivity index is 2.10. The number of nitriles is 1. The molecule has 0 saturated carbocycles. The molecule has 5 heteroatoms. The van der Waals surface area contributed by atoms with Gasteiger partial charge in [0.05, 0.1) is 11.6 Å². The largest absolute Gasteiger partial charge is 0.306 e. The molecule has 1 N–H and O–H groups in total. The number of benzene rings is 1. The summed E-state index contributed by atoms with van der Waals surface area (Å²) in [6, 6.07) is 5.81. The highest BCUT2D eigenvalue weighted by Gasteiger charge is 2.13. The van der Waals surface area contributed by atoms with Gasteiger partial charge in [-0.25, -0.2) is 8.78 Å². The van der Waals surface area contributed by atoms with Crippen molar-refractivity contribution in [1.29, 1.82) is 5.26 Å². The number of nitrogens with zero attached hydrogens (tertiary/aromatic N) is 1. The fourth-order valence-electron chi connectivity index (χ4n) is 1.73. The molecule has 19 heavy (non-hydrogen) atoms. The number of hydrogen-bond donors (Lipinski definition) is 1. The van der Waals surface area contributed by atoms with Crippen LogP contribution in [0.5, 0.6) is 0 Å². The molecule has 1 heterocycles. The van der Waals surface area contributed by atoms with Crippen LogP contribution in [0.2, 0.25) is 0 Å². The van der Waals surface area contributed by atoms with E-state index < -0.39 is 11.6 Å². The second kappa shape index (κ2) is 5.91. The van der Waals surface area contributed by atoms with Crippen molar-refractivity contribution < 1.29 is 8.78 Å². The van der Waals surface area contributed by atoms with Crippen molar-refractivity contribution in [2.24, 2.45) is 0 Å². The molecule has 0 radical (unpaired) electrons. The average molecular weight is 278 g/mol. The van der Waals surface area contributed by atoms with Gasteiger partial charge in [-0.05, 0) is 41.4 Å². The van der Waals surface area contributed by atoms with Gasteiger partial charge < -0.3 is 5.32 Å². The number of hydrogen-bond acceptors (Lipinski definition) is 3. The second-order valence-electron chi connectivity index (χ2n) is 4.19. The molecule has 2 rings (SSSR count). The first-order chi connectivity index (χ1) is 9.11. The zero-order chi connectivity index (χ0) is 13.8. The van der Waals surface area contributed by atoms with Gasteiger partial charge in [-0.15, -0.1) is 0 Å². The Labute approximate surface area is 114 Å². The fraction of sp³-hybridized carbons (Fsp3) is 0.214. The van der Waals surface area contributed by atoms with Crippen LogP contribution in [0.15, 0.2) is 29.0 Å². The summed E-state index contributed by atoms with van der Waals surface area (Å²) in [7, 11) is 0. The minimum absolute atomic E-state index is 0.00960. The lowest BCUT2D eigenvalue weighted by Crippen LogP contribution is -2.19. The van der Waals surface area contributed by atoms with Gasteiger partial charge in [-0.2, -0.15) is 16.6 Å². The molecule has 0 fully saturated rings. The maximum Gasteiger partial charge on any atom is 0.131 e. The molecule has 0 bridgehead atoms. The van der Waals surface area contributed by atoms with Crippen molar-refractivity contribution in [3.05, 3.63) is 57.3 Å². The Bertz CT molecular complexity index is 579. The maximum absolute atomic E-state index is 13.7. The highest BCUT2D eigenvalue weighted by atomic mass is 32.1. The Morgan fingerprint density at radius 3 is 2.58 bits per heavy atom. The highest BCUT2D eigenvalue weighted by molar-refractivity contribution is 7.07. The summed E-state index contributed by atoms with van der Waals surface area (Å²) < 4.78 is 27.3. The predicted octanol–water partition coefficient (Wildman–Crippen LogP) is 3.75. The molecule has 98 valence electrons. The Kier molecular flexibility index (Phi) is 4.25. The summed E-state index contributed by atoms with van der Waals surface area (Å²) in [5.74, 6) is -1.39. The lowest BCUT2D eigenvalue weighted by Gasteiger charge is -2.13. The molecule has 0 aliphatic rings. The minimum Gasteiger partial charge on any atom is -0.306 e. The standard InChI is InChI=1S/C14H12F2N2S/c1-9(11-2-3-19-8-11)18-7-12-13(15)4-10(6-17)5-14(12)16/h2-5,8-9,18H,7H2,1H3. The summed E-state index contributed by atoms with van der Waals surface area (Å²) in [6.07, 6.45) is 0. The van der Waals surface area contributed by atoms with Crippen LogP contribution in [0.25, 0.3) is 0 Å². The van der Waals surface area contributed by atoms with E-state index in [4.69, 9.17) is 5.26 Å². The van der Waals surface area contributed by atoms with E-state index in [0.29, 0.717) is 0 Å². The van der Waals surface area contributed by atoms with Gasteiger partial charge in [-0.1, -0.05) is 0 Å². The molecule has 2 aromatic rings. The third-order valence-electron chi connectivity index (χ3n) is 2.90. The smallest absolute Gasteiger partial charge is 0.131 e. The normalized spacial score (nSPS) is 12.1. The fourth-order valence-corrected chi connectivity index (χ4v) is 2.48. The zero-order valence-corrected chi connectivity index (χ0v) is 11.1. The number of halogens is 2. The van der Waals surface area contributed by atoms with Gasteiger partial charge >= 0.3 is 0 Å². The molecule has 0 amide bonds. The van der Waals surface area contributed by atoms with E-state index in [1.165, 1.54) is 0 Å². The van der Waals surface area contributed by atoms with Crippen molar-refractivity contribution in [2.45, 2.75) is 19.5 Å². The lowest BCUT2D eigenvalue weighted by atomic mass is 10.1. The first-order valence-electron chi connectivity index (χ1n) is 5.75. The third-order valence-corrected chi connectivity index (χ3v) is 3.60. The van der Waals surface area contributed by atoms with Crippen LogP contribution < -0.4 is 5.32 Å². The maximum atomic E-state index is 13.7. The summed E-state index contributed by atoms with van der Waals surface area (Å²) >= 11 is 1.58. The molecule has 0 aliphatic carbocycles. The van der Waals surface area contributed by atoms with E-state index in [1.54, 1.807) is 17.4 Å². The summed E-state index contributed by atoms with van der Waals surface area (Å²) in [4.78, 5) is 0. The molecular formula is C14H12F2N2S. The van der Waals surface area contributed by atoms with Crippen LogP contribution in [0.3, 0.4) is 0 Å². The van der Waals surface area contributed by atoms with Crippen LogP contribution >= 0.6 is 11.3 Å². The topological polar surface area (TPSA) is 35.8 Å². The Hall–Kier alpha value is -1.77. The molecule has 2 nitrogen and oxygen atoms in total. The van der Waals surface area contributed by atoms with Gasteiger partial charge in [0.1, 0.15) is 11.6 Å². The van der Waals surface area contributed by atoms with E-state index in [9.17, 15) is 8.78 Å². The van der Waals surface area contributed by atoms with Crippen molar-refractivity contribution in [1.82, 2.24) is 5.32 Å². The summed E-state index contributed by atoms with van der Waals surface area (Å²) in [5.41, 5.74) is 1.03. The summed E-state index contributed by atoms with van der Waals surface area (Å²) in [5, 5.41) is 15.6. The number of nitrogens with one attached hydrogen (secondary N) is 1. The molecule has 0 aliphatic heterocycles. The Morgan fingerprint density at radius 2 is 2.05 bits per heavy atom. The SMILES string of the molecule is CC(NCc1c(F)cc(C#N)cc1F)c1ccsc1. The van der Waals surface area contributed by atoms with Crippen LogP contribution in [0, 0.1) is 23.0 Å². The quantitative estimate of drug-likeness (QED) is 0.924. The van der Waals surface area contributed by atoms with Crippen LogP contribution in [0.4, 0.5) is 8.78 Å². The van der Waals surface area contributed by atoms with E-state index in [0.717, 1.165) is 17.7 Å². The van der Waals surface area contributed by atoms with Crippen molar-refractivity contribution in [3.8, 4) is 6.07 Å². The number of thiophene rings is 1. The number of rotatable bonds is 4. The molecular weight excluding hydrogens is 266 g/mol. The highest BCUT2D eigenvalue weighted by Crippen LogP contribution is 2.19. The minimum atomic E-state index is -0.693. The Morgan fingerprint density at radius 1 is 1.37 bits per heavy atom. The van der Waals surface area contributed by atoms with Crippen molar-refractivity contribution in [3.63, 3.8) is 0 Å². The first-order valence-corrected chi connectivity index (χ1v) is 6.69. The lowest BCUT2D eigenvalue weighted by molar-refractivity contribution is 0.509. The molecule has 1 atom stereocenters. The van der Waals surface area contributed by atoms with Crippen LogP contribution in [0.1, 0.15) is 29.7 Å². The van der Waals surface area contributed by atoms with Crippen molar-refractivity contribution in [2.75, 3.05) is 0 Å². The molecule has 0 spiro atoms. The zero-order valence-electron chi connectivity index (χ0n) is 10.3. The van der Waals surface area contributed by atoms with Gasteiger partial charge in [0.25, 0.3) is 0 Å². The molecule has 1 aromatic carbocycles. The van der Waals surface area contributed by atoms with Gasteiger partial charge in [0.2, 0.25) is 0 Å². The van der Waals surface area contributed by atoms with E-state index in [-0.39, 0.29) is 23.7 Å². The molecule has 1 unspecified atom stereocenters. The monoisotopic (exact) mass is 278 g/mol. The van der Waals surface area contributed by atoms with E-state index in [2.05, 4.69) is 5.32 Å². The predicted molar refractivity (Wildman–Crippen MR) is 70.6 cm³/mol. The average Bonchev–Trinajstić information content (AvgIpc) is 2.91. The van der Waals surface area contributed by atoms with Crippen LogP contribution in [-0.2, 0) is 6.54 Å². The van der Waals surface area contributed by atoms with E-state index in [1.807, 2.05) is 23.8 Å².